The molecular weight excluding hydrogens is 391 g/mol. The van der Waals surface area contributed by atoms with Gasteiger partial charge in [0.25, 0.3) is 0 Å². The van der Waals surface area contributed by atoms with Crippen molar-refractivity contribution in [1.29, 1.82) is 0 Å². The van der Waals surface area contributed by atoms with E-state index in [1.54, 1.807) is 12.1 Å². The molecule has 0 aromatic heterocycles. The third-order valence-electron chi connectivity index (χ3n) is 4.77. The molecule has 0 N–H and O–H groups in total. The lowest BCUT2D eigenvalue weighted by atomic mass is 10.0. The summed E-state index contributed by atoms with van der Waals surface area (Å²) >= 11 is 0. The van der Waals surface area contributed by atoms with Crippen molar-refractivity contribution in [3.05, 3.63) is 60.7 Å². The predicted molar refractivity (Wildman–Crippen MR) is 102 cm³/mol. The van der Waals surface area contributed by atoms with Crippen molar-refractivity contribution in [3.63, 3.8) is 0 Å². The molecular formula is C18H21O5PS2. The highest BCUT2D eigenvalue weighted by Crippen LogP contribution is 2.69. The van der Waals surface area contributed by atoms with Gasteiger partial charge in [0.1, 0.15) is 0 Å². The van der Waals surface area contributed by atoms with Crippen LogP contribution in [0.2, 0.25) is 0 Å². The van der Waals surface area contributed by atoms with Crippen LogP contribution in [0.3, 0.4) is 0 Å². The SMILES string of the molecule is O=P(C1CCCCC1)(S(=O)(=O)c1ccccc1)S(=O)(=O)c1ccccc1. The minimum Gasteiger partial charge on any atom is -0.289 e. The summed E-state index contributed by atoms with van der Waals surface area (Å²) in [6.45, 7) is 0. The fraction of sp³-hybridized carbons (Fsp3) is 0.333. The summed E-state index contributed by atoms with van der Waals surface area (Å²) in [5.74, 6) is 0. The molecule has 0 saturated heterocycles. The van der Waals surface area contributed by atoms with Gasteiger partial charge in [0.05, 0.1) is 9.79 Å². The van der Waals surface area contributed by atoms with E-state index < -0.39 is 30.1 Å². The van der Waals surface area contributed by atoms with E-state index >= 15 is 0 Å². The van der Waals surface area contributed by atoms with Gasteiger partial charge in [-0.2, -0.15) is 0 Å². The molecule has 2 aromatic rings. The highest BCUT2D eigenvalue weighted by molar-refractivity contribution is 8.84. The van der Waals surface area contributed by atoms with Gasteiger partial charge in [0.2, 0.25) is 18.9 Å². The Hall–Kier alpha value is -1.43. The fourth-order valence-electron chi connectivity index (χ4n) is 3.40. The first-order valence-electron chi connectivity index (χ1n) is 8.52. The number of hydrogen-bond donors (Lipinski definition) is 0. The van der Waals surface area contributed by atoms with E-state index in [4.69, 9.17) is 0 Å². The average molecular weight is 412 g/mol. The smallest absolute Gasteiger partial charge is 0.289 e. The van der Waals surface area contributed by atoms with E-state index in [2.05, 4.69) is 0 Å². The zero-order valence-corrected chi connectivity index (χ0v) is 16.7. The maximum absolute atomic E-state index is 14.0. The highest BCUT2D eigenvalue weighted by atomic mass is 33.1. The monoisotopic (exact) mass is 412 g/mol. The van der Waals surface area contributed by atoms with Gasteiger partial charge in [-0.15, -0.1) is 0 Å². The molecule has 0 amide bonds. The van der Waals surface area contributed by atoms with Crippen LogP contribution in [0.5, 0.6) is 0 Å². The maximum atomic E-state index is 14.0. The fourth-order valence-corrected chi connectivity index (χ4v) is 17.8. The van der Waals surface area contributed by atoms with Crippen molar-refractivity contribution in [2.45, 2.75) is 47.6 Å². The Labute approximate surface area is 154 Å². The second-order valence-electron chi connectivity index (χ2n) is 6.41. The molecule has 0 radical (unpaired) electrons. The van der Waals surface area contributed by atoms with Crippen molar-refractivity contribution in [1.82, 2.24) is 0 Å². The summed E-state index contributed by atoms with van der Waals surface area (Å²) in [6.07, 6.45) is 2.95. The molecule has 5 nitrogen and oxygen atoms in total. The number of hydrogen-bond acceptors (Lipinski definition) is 5. The summed E-state index contributed by atoms with van der Waals surface area (Å²) in [7, 11) is -9.08. The van der Waals surface area contributed by atoms with Crippen molar-refractivity contribution >= 4 is 24.5 Å². The summed E-state index contributed by atoms with van der Waals surface area (Å²) in [5.41, 5.74) is -5.57. The Kier molecular flexibility index (Phi) is 5.42. The zero-order valence-electron chi connectivity index (χ0n) is 14.2. The maximum Gasteiger partial charge on any atom is 0.315 e. The Morgan fingerprint density at radius 3 is 1.42 bits per heavy atom. The van der Waals surface area contributed by atoms with Crippen LogP contribution in [0, 0.1) is 0 Å². The molecule has 1 aliphatic rings. The minimum absolute atomic E-state index is 0.201. The normalized spacial score (nSPS) is 17.1. The Morgan fingerprint density at radius 2 is 1.04 bits per heavy atom. The molecule has 0 spiro atoms. The summed E-state index contributed by atoms with van der Waals surface area (Å²) in [6, 6.07) is 14.5. The van der Waals surface area contributed by atoms with E-state index in [9.17, 15) is 21.4 Å². The molecule has 2 aromatic carbocycles. The molecule has 1 saturated carbocycles. The van der Waals surface area contributed by atoms with Crippen LogP contribution in [-0.4, -0.2) is 22.5 Å². The van der Waals surface area contributed by atoms with Crippen molar-refractivity contribution in [3.8, 4) is 0 Å². The van der Waals surface area contributed by atoms with Crippen LogP contribution in [0.25, 0.3) is 0 Å². The van der Waals surface area contributed by atoms with Crippen LogP contribution in [-0.2, 0) is 23.5 Å². The second-order valence-corrected chi connectivity index (χ2v) is 17.9. The van der Waals surface area contributed by atoms with Crippen molar-refractivity contribution in [2.24, 2.45) is 0 Å². The summed E-state index contributed by atoms with van der Waals surface area (Å²) < 4.78 is 67.4. The first-order valence-corrected chi connectivity index (χ1v) is 14.5. The second kappa shape index (κ2) is 7.29. The quantitative estimate of drug-likeness (QED) is 0.677. The molecule has 0 unspecified atom stereocenters. The van der Waals surface area contributed by atoms with Crippen LogP contribution in [0.1, 0.15) is 32.1 Å². The first kappa shape index (κ1) is 19.3. The van der Waals surface area contributed by atoms with Gasteiger partial charge in [0, 0.05) is 5.66 Å². The average Bonchev–Trinajstić information content (AvgIpc) is 2.69. The number of rotatable bonds is 5. The molecule has 3 rings (SSSR count). The highest BCUT2D eigenvalue weighted by Gasteiger charge is 2.56. The molecule has 0 heterocycles. The van der Waals surface area contributed by atoms with Gasteiger partial charge in [-0.05, 0) is 37.1 Å². The third-order valence-corrected chi connectivity index (χ3v) is 19.9. The van der Waals surface area contributed by atoms with E-state index in [1.165, 1.54) is 48.5 Å². The third kappa shape index (κ3) is 3.06. The van der Waals surface area contributed by atoms with Crippen LogP contribution < -0.4 is 0 Å². The molecule has 0 bridgehead atoms. The Balaban J connectivity index is 2.26. The van der Waals surface area contributed by atoms with E-state index in [0.717, 1.165) is 6.42 Å². The molecule has 0 atom stereocenters. The largest absolute Gasteiger partial charge is 0.315 e. The van der Waals surface area contributed by atoms with Crippen LogP contribution >= 0.6 is 5.55 Å². The Morgan fingerprint density at radius 1 is 0.654 bits per heavy atom. The lowest BCUT2D eigenvalue weighted by molar-refractivity contribution is 0.489. The first-order chi connectivity index (χ1) is 12.3. The molecule has 140 valence electrons. The van der Waals surface area contributed by atoms with Gasteiger partial charge in [-0.3, -0.25) is 4.57 Å². The Bertz CT molecular complexity index is 936. The topological polar surface area (TPSA) is 85.3 Å². The van der Waals surface area contributed by atoms with Crippen molar-refractivity contribution < 1.29 is 21.4 Å². The standard InChI is InChI=1S/C18H21O5PS2/c19-24(16-10-4-1-5-11-16,25(20,21)17-12-6-2-7-13-17)26(22,23)18-14-8-3-9-15-18/h2-3,6-9,12-16H,1,4-5,10-11H2. The van der Waals surface area contributed by atoms with Gasteiger partial charge in [-0.1, -0.05) is 55.7 Å². The molecule has 1 aliphatic carbocycles. The summed E-state index contributed by atoms with van der Waals surface area (Å²) in [5, 5.41) is 0. The molecule has 0 aliphatic heterocycles. The lowest BCUT2D eigenvalue weighted by Gasteiger charge is -2.29. The van der Waals surface area contributed by atoms with E-state index in [0.29, 0.717) is 25.7 Å². The molecule has 8 heteroatoms. The predicted octanol–water partition coefficient (Wildman–Crippen LogP) is 4.46. The van der Waals surface area contributed by atoms with Crippen LogP contribution in [0.15, 0.2) is 70.5 Å². The minimum atomic E-state index is -4.70. The van der Waals surface area contributed by atoms with Crippen molar-refractivity contribution in [2.75, 3.05) is 0 Å². The van der Waals surface area contributed by atoms with Gasteiger partial charge in [0.15, 0.2) is 0 Å². The number of benzene rings is 2. The summed E-state index contributed by atoms with van der Waals surface area (Å²) in [4.78, 5) is -0.401. The van der Waals surface area contributed by atoms with Crippen LogP contribution in [0.4, 0.5) is 0 Å². The molecule has 26 heavy (non-hydrogen) atoms. The van der Waals surface area contributed by atoms with Gasteiger partial charge >= 0.3 is 5.55 Å². The zero-order chi connectivity index (χ0) is 18.8. The van der Waals surface area contributed by atoms with Gasteiger partial charge < -0.3 is 0 Å². The van der Waals surface area contributed by atoms with E-state index in [1.807, 2.05) is 0 Å². The molecule has 1 fully saturated rings. The van der Waals surface area contributed by atoms with E-state index in [-0.39, 0.29) is 9.79 Å². The lowest BCUT2D eigenvalue weighted by Crippen LogP contribution is -2.24. The van der Waals surface area contributed by atoms with Gasteiger partial charge in [-0.25, -0.2) is 16.8 Å².